The summed E-state index contributed by atoms with van der Waals surface area (Å²) in [6.07, 6.45) is -5.49. The van der Waals surface area contributed by atoms with Gasteiger partial charge < -0.3 is 10.1 Å². The minimum Gasteiger partial charge on any atom is -0.392 e. The highest BCUT2D eigenvalue weighted by Gasteiger charge is 2.30. The number of fused-ring (bicyclic) bond motifs is 1. The molecule has 5 nitrogen and oxygen atoms in total. The van der Waals surface area contributed by atoms with E-state index in [9.17, 15) is 27.9 Å². The second-order valence-corrected chi connectivity index (χ2v) is 4.45. The van der Waals surface area contributed by atoms with Crippen molar-refractivity contribution in [1.29, 1.82) is 0 Å². The normalized spacial score (nSPS) is 13.7. The van der Waals surface area contributed by atoms with Crippen molar-refractivity contribution in [2.75, 3.05) is 0 Å². The van der Waals surface area contributed by atoms with E-state index in [1.54, 1.807) is 0 Å². The number of aliphatic hydroxyl groups is 1. The predicted octanol–water partition coefficient (Wildman–Crippen LogP) is 1.09. The number of alkyl halides is 3. The molecule has 2 aromatic rings. The highest BCUT2D eigenvalue weighted by atomic mass is 19.4. The maximum atomic E-state index is 12.6. The summed E-state index contributed by atoms with van der Waals surface area (Å²) >= 11 is 0. The minimum absolute atomic E-state index is 0.0433. The summed E-state index contributed by atoms with van der Waals surface area (Å²) < 4.78 is 38.4. The molecule has 1 aromatic carbocycles. The number of aliphatic hydroxyl groups excluding tert-OH is 1. The summed E-state index contributed by atoms with van der Waals surface area (Å²) in [4.78, 5) is 25.9. The Bertz CT molecular complexity index is 759. The number of nitrogens with zero attached hydrogens (tertiary/aromatic N) is 1. The first kappa shape index (κ1) is 14.3. The minimum atomic E-state index is -4.56. The Morgan fingerprint density at radius 3 is 2.55 bits per heavy atom. The molecule has 1 heterocycles. The van der Waals surface area contributed by atoms with Gasteiger partial charge in [-0.3, -0.25) is 9.36 Å². The number of aromatic amines is 1. The number of benzene rings is 1. The Kier molecular flexibility index (Phi) is 3.43. The van der Waals surface area contributed by atoms with Crippen LogP contribution >= 0.6 is 0 Å². The van der Waals surface area contributed by atoms with Crippen molar-refractivity contribution in [2.24, 2.45) is 0 Å². The Morgan fingerprint density at radius 2 is 2.00 bits per heavy atom. The van der Waals surface area contributed by atoms with Crippen LogP contribution in [0.5, 0.6) is 0 Å². The van der Waals surface area contributed by atoms with E-state index in [1.807, 2.05) is 0 Å². The molecule has 8 heteroatoms. The molecular weight excluding hydrogens is 277 g/mol. The largest absolute Gasteiger partial charge is 0.416 e. The summed E-state index contributed by atoms with van der Waals surface area (Å²) in [6, 6.07) is 2.49. The van der Waals surface area contributed by atoms with Gasteiger partial charge in [0.25, 0.3) is 5.56 Å². The Hall–Kier alpha value is -2.09. The van der Waals surface area contributed by atoms with E-state index in [-0.39, 0.29) is 17.4 Å². The lowest BCUT2D eigenvalue weighted by Crippen LogP contribution is -2.37. The lowest BCUT2D eigenvalue weighted by Gasteiger charge is -2.10. The van der Waals surface area contributed by atoms with E-state index in [1.165, 1.54) is 6.92 Å². The van der Waals surface area contributed by atoms with Crippen molar-refractivity contribution in [3.05, 3.63) is 44.6 Å². The van der Waals surface area contributed by atoms with Crippen molar-refractivity contribution in [3.8, 4) is 0 Å². The molecular formula is C12H11F3N2O3. The molecule has 0 spiro atoms. The van der Waals surface area contributed by atoms with Crippen LogP contribution in [0.15, 0.2) is 27.8 Å². The molecule has 0 aliphatic carbocycles. The van der Waals surface area contributed by atoms with Crippen LogP contribution in [-0.2, 0) is 12.7 Å². The van der Waals surface area contributed by atoms with E-state index >= 15 is 0 Å². The average Bonchev–Trinajstić information content (AvgIpc) is 2.32. The Morgan fingerprint density at radius 1 is 1.35 bits per heavy atom. The maximum Gasteiger partial charge on any atom is 0.416 e. The van der Waals surface area contributed by atoms with Gasteiger partial charge in [-0.05, 0) is 25.1 Å². The van der Waals surface area contributed by atoms with Crippen LogP contribution in [0.4, 0.5) is 13.2 Å². The average molecular weight is 288 g/mol. The fourth-order valence-electron chi connectivity index (χ4n) is 1.86. The van der Waals surface area contributed by atoms with E-state index in [0.29, 0.717) is 6.07 Å². The first-order chi connectivity index (χ1) is 9.20. The zero-order valence-corrected chi connectivity index (χ0v) is 10.4. The van der Waals surface area contributed by atoms with Gasteiger partial charge in [-0.25, -0.2) is 4.79 Å². The van der Waals surface area contributed by atoms with Gasteiger partial charge >= 0.3 is 11.9 Å². The SMILES string of the molecule is CC(O)Cn1c(=O)[nH]c2cc(C(F)(F)F)ccc2c1=O. The summed E-state index contributed by atoms with van der Waals surface area (Å²) in [5.74, 6) is 0. The molecule has 0 saturated heterocycles. The van der Waals surface area contributed by atoms with Gasteiger partial charge in [-0.15, -0.1) is 0 Å². The number of hydrogen-bond acceptors (Lipinski definition) is 3. The number of halogens is 3. The number of hydrogen-bond donors (Lipinski definition) is 2. The first-order valence-electron chi connectivity index (χ1n) is 5.72. The van der Waals surface area contributed by atoms with Crippen molar-refractivity contribution in [2.45, 2.75) is 25.7 Å². The highest BCUT2D eigenvalue weighted by molar-refractivity contribution is 5.78. The molecule has 2 N–H and O–H groups in total. The molecule has 0 amide bonds. The summed E-state index contributed by atoms with van der Waals surface area (Å²) in [6.45, 7) is 1.16. The Balaban J connectivity index is 2.71. The molecule has 0 radical (unpaired) electrons. The first-order valence-corrected chi connectivity index (χ1v) is 5.72. The van der Waals surface area contributed by atoms with Crippen LogP contribution in [0.25, 0.3) is 10.9 Å². The second kappa shape index (κ2) is 4.78. The lowest BCUT2D eigenvalue weighted by molar-refractivity contribution is -0.137. The Labute approximate surface area is 110 Å². The quantitative estimate of drug-likeness (QED) is 0.868. The van der Waals surface area contributed by atoms with E-state index < -0.39 is 29.1 Å². The predicted molar refractivity (Wildman–Crippen MR) is 65.5 cm³/mol. The fourth-order valence-corrected chi connectivity index (χ4v) is 1.86. The second-order valence-electron chi connectivity index (χ2n) is 4.45. The molecule has 1 unspecified atom stereocenters. The molecule has 20 heavy (non-hydrogen) atoms. The van der Waals surface area contributed by atoms with Crippen LogP contribution in [0.1, 0.15) is 12.5 Å². The summed E-state index contributed by atoms with van der Waals surface area (Å²) in [7, 11) is 0. The van der Waals surface area contributed by atoms with Crippen molar-refractivity contribution < 1.29 is 18.3 Å². The number of rotatable bonds is 2. The van der Waals surface area contributed by atoms with Gasteiger partial charge in [0, 0.05) is 0 Å². The molecule has 108 valence electrons. The van der Waals surface area contributed by atoms with Crippen LogP contribution in [-0.4, -0.2) is 20.8 Å². The van der Waals surface area contributed by atoms with Crippen molar-refractivity contribution in [3.63, 3.8) is 0 Å². The van der Waals surface area contributed by atoms with E-state index in [2.05, 4.69) is 4.98 Å². The third-order valence-corrected chi connectivity index (χ3v) is 2.76. The smallest absolute Gasteiger partial charge is 0.392 e. The molecule has 2 rings (SSSR count). The maximum absolute atomic E-state index is 12.6. The van der Waals surface area contributed by atoms with Crippen LogP contribution < -0.4 is 11.2 Å². The summed E-state index contributed by atoms with van der Waals surface area (Å²) in [5.41, 5.74) is -2.73. The third-order valence-electron chi connectivity index (χ3n) is 2.76. The molecule has 0 fully saturated rings. The molecule has 1 aromatic heterocycles. The number of aromatic nitrogens is 2. The monoisotopic (exact) mass is 288 g/mol. The van der Waals surface area contributed by atoms with Crippen molar-refractivity contribution >= 4 is 10.9 Å². The van der Waals surface area contributed by atoms with Crippen LogP contribution in [0.3, 0.4) is 0 Å². The third kappa shape index (κ3) is 2.60. The number of nitrogens with one attached hydrogen (secondary N) is 1. The lowest BCUT2D eigenvalue weighted by atomic mass is 10.1. The molecule has 0 saturated carbocycles. The van der Waals surface area contributed by atoms with Crippen LogP contribution in [0.2, 0.25) is 0 Å². The number of H-pyrrole nitrogens is 1. The van der Waals surface area contributed by atoms with Gasteiger partial charge in [-0.1, -0.05) is 0 Å². The van der Waals surface area contributed by atoms with E-state index in [0.717, 1.165) is 16.7 Å². The fraction of sp³-hybridized carbons (Fsp3) is 0.333. The molecule has 1 atom stereocenters. The van der Waals surface area contributed by atoms with Gasteiger partial charge in [-0.2, -0.15) is 13.2 Å². The molecule has 0 aliphatic heterocycles. The van der Waals surface area contributed by atoms with Crippen molar-refractivity contribution in [1.82, 2.24) is 9.55 Å². The van der Waals surface area contributed by atoms with Gasteiger partial charge in [0.15, 0.2) is 0 Å². The summed E-state index contributed by atoms with van der Waals surface area (Å²) in [5, 5.41) is 9.17. The molecule has 0 aliphatic rings. The van der Waals surface area contributed by atoms with Crippen LogP contribution in [0, 0.1) is 0 Å². The topological polar surface area (TPSA) is 75.1 Å². The zero-order chi connectivity index (χ0) is 15.1. The molecule has 0 bridgehead atoms. The van der Waals surface area contributed by atoms with E-state index in [4.69, 9.17) is 0 Å². The van der Waals surface area contributed by atoms with Gasteiger partial charge in [0.2, 0.25) is 0 Å². The highest BCUT2D eigenvalue weighted by Crippen LogP contribution is 2.30. The standard InChI is InChI=1S/C12H11F3N2O3/c1-6(18)5-17-10(19)8-3-2-7(12(13,14)15)4-9(8)16-11(17)20/h2-4,6,18H,5H2,1H3,(H,16,20). The zero-order valence-electron chi connectivity index (χ0n) is 10.4. The van der Waals surface area contributed by atoms with Gasteiger partial charge in [0.1, 0.15) is 0 Å². The van der Waals surface area contributed by atoms with Gasteiger partial charge in [0.05, 0.1) is 29.1 Å².